The third-order valence-corrected chi connectivity index (χ3v) is 3.36. The number of ether oxygens (including phenoxy) is 2. The van der Waals surface area contributed by atoms with Crippen molar-refractivity contribution in [3.63, 3.8) is 0 Å². The van der Waals surface area contributed by atoms with Gasteiger partial charge < -0.3 is 14.6 Å². The van der Waals surface area contributed by atoms with Crippen molar-refractivity contribution >= 4 is 11.3 Å². The maximum Gasteiger partial charge on any atom is 0.163 e. The highest BCUT2D eigenvalue weighted by Gasteiger charge is 2.19. The lowest BCUT2D eigenvalue weighted by Gasteiger charge is -2.14. The monoisotopic (exact) mass is 268 g/mol. The van der Waals surface area contributed by atoms with Crippen LogP contribution >= 0.6 is 11.3 Å². The lowest BCUT2D eigenvalue weighted by molar-refractivity contribution is 0.214. The van der Waals surface area contributed by atoms with E-state index >= 15 is 0 Å². The second-order valence-corrected chi connectivity index (χ2v) is 4.47. The van der Waals surface area contributed by atoms with E-state index in [9.17, 15) is 9.50 Å². The highest BCUT2D eigenvalue weighted by atomic mass is 32.1. The number of aliphatic hydroxyl groups excluding tert-OH is 1. The summed E-state index contributed by atoms with van der Waals surface area (Å²) in [4.78, 5) is 0. The van der Waals surface area contributed by atoms with Crippen LogP contribution in [0.5, 0.6) is 11.5 Å². The van der Waals surface area contributed by atoms with Gasteiger partial charge in [-0.1, -0.05) is 0 Å². The predicted molar refractivity (Wildman–Crippen MR) is 67.9 cm³/mol. The van der Waals surface area contributed by atoms with Crippen LogP contribution in [-0.4, -0.2) is 19.3 Å². The number of aliphatic hydroxyl groups is 1. The van der Waals surface area contributed by atoms with Gasteiger partial charge in [0.25, 0.3) is 0 Å². The normalized spacial score (nSPS) is 12.2. The van der Waals surface area contributed by atoms with E-state index in [0.717, 1.165) is 0 Å². The molecular weight excluding hydrogens is 255 g/mol. The highest BCUT2D eigenvalue weighted by Crippen LogP contribution is 2.34. The Morgan fingerprint density at radius 3 is 2.44 bits per heavy atom. The van der Waals surface area contributed by atoms with Gasteiger partial charge in [0.15, 0.2) is 11.5 Å². The minimum Gasteiger partial charge on any atom is -0.493 e. The van der Waals surface area contributed by atoms with E-state index in [1.165, 1.54) is 37.7 Å². The molecule has 0 bridgehead atoms. The number of halogens is 1. The molecule has 1 aromatic carbocycles. The Hall–Kier alpha value is -1.59. The van der Waals surface area contributed by atoms with Crippen molar-refractivity contribution in [1.82, 2.24) is 0 Å². The van der Waals surface area contributed by atoms with E-state index in [1.54, 1.807) is 11.4 Å². The fourth-order valence-electron chi connectivity index (χ4n) is 1.69. The molecule has 1 atom stereocenters. The average Bonchev–Trinajstić information content (AvgIpc) is 2.91. The number of thiophene rings is 1. The molecule has 0 fully saturated rings. The van der Waals surface area contributed by atoms with Crippen molar-refractivity contribution in [2.75, 3.05) is 14.2 Å². The van der Waals surface area contributed by atoms with Gasteiger partial charge in [-0.3, -0.25) is 0 Å². The zero-order valence-corrected chi connectivity index (χ0v) is 10.8. The summed E-state index contributed by atoms with van der Waals surface area (Å²) in [6.45, 7) is 0. The Bertz CT molecular complexity index is 525. The Balaban J connectivity index is 2.45. The van der Waals surface area contributed by atoms with Crippen LogP contribution in [0.3, 0.4) is 0 Å². The molecule has 1 aromatic heterocycles. The highest BCUT2D eigenvalue weighted by molar-refractivity contribution is 7.07. The summed E-state index contributed by atoms with van der Waals surface area (Å²) in [5, 5.41) is 13.7. The Labute approximate surface area is 108 Å². The average molecular weight is 268 g/mol. The van der Waals surface area contributed by atoms with Crippen LogP contribution in [0.25, 0.3) is 0 Å². The molecule has 0 saturated carbocycles. The summed E-state index contributed by atoms with van der Waals surface area (Å²) < 4.78 is 24.0. The molecule has 5 heteroatoms. The van der Waals surface area contributed by atoms with Gasteiger partial charge in [-0.15, -0.1) is 0 Å². The molecule has 0 saturated heterocycles. The standard InChI is InChI=1S/C13H13FO3S/c1-16-11-5-9(10(14)6-12(11)17-2)13(15)8-3-4-18-7-8/h3-7,13,15H,1-2H3. The van der Waals surface area contributed by atoms with Crippen LogP contribution in [0.15, 0.2) is 29.0 Å². The summed E-state index contributed by atoms with van der Waals surface area (Å²) in [6, 6.07) is 4.42. The first kappa shape index (κ1) is 12.9. The fraction of sp³-hybridized carbons (Fsp3) is 0.231. The van der Waals surface area contributed by atoms with Crippen molar-refractivity contribution in [2.24, 2.45) is 0 Å². The van der Waals surface area contributed by atoms with Gasteiger partial charge >= 0.3 is 0 Å². The molecule has 1 unspecified atom stereocenters. The van der Waals surface area contributed by atoms with Gasteiger partial charge in [0, 0.05) is 11.6 Å². The molecule has 1 N–H and O–H groups in total. The van der Waals surface area contributed by atoms with Crippen molar-refractivity contribution < 1.29 is 19.0 Å². The van der Waals surface area contributed by atoms with Gasteiger partial charge in [-0.2, -0.15) is 11.3 Å². The largest absolute Gasteiger partial charge is 0.493 e. The molecule has 96 valence electrons. The number of hydrogen-bond donors (Lipinski definition) is 1. The van der Waals surface area contributed by atoms with Crippen LogP contribution in [0.2, 0.25) is 0 Å². The molecule has 3 nitrogen and oxygen atoms in total. The smallest absolute Gasteiger partial charge is 0.163 e. The first-order valence-electron chi connectivity index (χ1n) is 5.29. The molecule has 2 rings (SSSR count). The summed E-state index contributed by atoms with van der Waals surface area (Å²) in [5.74, 6) is 0.172. The van der Waals surface area contributed by atoms with Crippen LogP contribution in [0.4, 0.5) is 4.39 Å². The first-order valence-corrected chi connectivity index (χ1v) is 6.23. The maximum atomic E-state index is 13.9. The van der Waals surface area contributed by atoms with Gasteiger partial charge in [-0.05, 0) is 28.5 Å². The van der Waals surface area contributed by atoms with Crippen molar-refractivity contribution in [3.8, 4) is 11.5 Å². The van der Waals surface area contributed by atoms with E-state index in [0.29, 0.717) is 17.1 Å². The van der Waals surface area contributed by atoms with E-state index in [1.807, 2.05) is 5.38 Å². The molecule has 0 amide bonds. The van der Waals surface area contributed by atoms with E-state index in [4.69, 9.17) is 9.47 Å². The van der Waals surface area contributed by atoms with Gasteiger partial charge in [0.1, 0.15) is 11.9 Å². The van der Waals surface area contributed by atoms with E-state index in [2.05, 4.69) is 0 Å². The second-order valence-electron chi connectivity index (χ2n) is 3.69. The predicted octanol–water partition coefficient (Wildman–Crippen LogP) is 2.99. The Kier molecular flexibility index (Phi) is 3.84. The number of benzene rings is 1. The van der Waals surface area contributed by atoms with Crippen molar-refractivity contribution in [1.29, 1.82) is 0 Å². The van der Waals surface area contributed by atoms with Gasteiger partial charge in [0.05, 0.1) is 14.2 Å². The number of hydrogen-bond acceptors (Lipinski definition) is 4. The number of methoxy groups -OCH3 is 2. The quantitative estimate of drug-likeness (QED) is 0.926. The van der Waals surface area contributed by atoms with Gasteiger partial charge in [-0.25, -0.2) is 4.39 Å². The molecular formula is C13H13FO3S. The SMILES string of the molecule is COc1cc(F)c(C(O)c2ccsc2)cc1OC. The van der Waals surface area contributed by atoms with E-state index < -0.39 is 11.9 Å². The van der Waals surface area contributed by atoms with Crippen molar-refractivity contribution in [3.05, 3.63) is 45.9 Å². The molecule has 0 aliphatic rings. The molecule has 0 aliphatic heterocycles. The first-order chi connectivity index (χ1) is 8.67. The van der Waals surface area contributed by atoms with Crippen LogP contribution < -0.4 is 9.47 Å². The van der Waals surface area contributed by atoms with Crippen LogP contribution in [-0.2, 0) is 0 Å². The van der Waals surface area contributed by atoms with Crippen LogP contribution in [0.1, 0.15) is 17.2 Å². The minimum absolute atomic E-state index is 0.172. The van der Waals surface area contributed by atoms with E-state index in [-0.39, 0.29) is 5.56 Å². The summed E-state index contributed by atoms with van der Waals surface area (Å²) >= 11 is 1.45. The lowest BCUT2D eigenvalue weighted by atomic mass is 10.0. The zero-order chi connectivity index (χ0) is 13.1. The van der Waals surface area contributed by atoms with Gasteiger partial charge in [0.2, 0.25) is 0 Å². The summed E-state index contributed by atoms with van der Waals surface area (Å²) in [6.07, 6.45) is -1.00. The van der Waals surface area contributed by atoms with Crippen LogP contribution in [0, 0.1) is 5.82 Å². The molecule has 18 heavy (non-hydrogen) atoms. The Morgan fingerprint density at radius 1 is 1.22 bits per heavy atom. The third kappa shape index (κ3) is 2.32. The fourth-order valence-corrected chi connectivity index (χ4v) is 2.37. The van der Waals surface area contributed by atoms with Crippen molar-refractivity contribution in [2.45, 2.75) is 6.10 Å². The third-order valence-electron chi connectivity index (χ3n) is 2.66. The molecule has 2 aromatic rings. The molecule has 0 aliphatic carbocycles. The lowest BCUT2D eigenvalue weighted by Crippen LogP contribution is -2.03. The molecule has 0 radical (unpaired) electrons. The summed E-state index contributed by atoms with van der Waals surface area (Å²) in [5.41, 5.74) is 0.831. The molecule has 1 heterocycles. The minimum atomic E-state index is -1.00. The zero-order valence-electron chi connectivity index (χ0n) is 10.0. The second kappa shape index (κ2) is 5.37. The molecule has 0 spiro atoms. The Morgan fingerprint density at radius 2 is 1.89 bits per heavy atom. The topological polar surface area (TPSA) is 38.7 Å². The maximum absolute atomic E-state index is 13.9. The summed E-state index contributed by atoms with van der Waals surface area (Å²) in [7, 11) is 2.91. The number of rotatable bonds is 4.